The van der Waals surface area contributed by atoms with Crippen LogP contribution in [0.1, 0.15) is 55.6 Å². The van der Waals surface area contributed by atoms with Crippen LogP contribution in [0.25, 0.3) is 0 Å². The molecule has 0 spiro atoms. The molecule has 0 aliphatic heterocycles. The second kappa shape index (κ2) is 9.04. The standard InChI is InChI=1S/C23H24ClF3O/c1-2-3-4-16-5-7-17(8-6-16)18-9-12-20(13-10-18)28-23(26,27)19-11-14-21(24)22(25)15-19/h2,9-17H,1,3-8H2. The number of rotatable bonds is 7. The molecule has 0 unspecified atom stereocenters. The van der Waals surface area contributed by atoms with Gasteiger partial charge in [0.05, 0.1) is 10.6 Å². The Bertz CT molecular complexity index is 796. The van der Waals surface area contributed by atoms with Crippen molar-refractivity contribution in [3.05, 3.63) is 77.1 Å². The van der Waals surface area contributed by atoms with Gasteiger partial charge in [0, 0.05) is 0 Å². The molecule has 0 atom stereocenters. The number of halogens is 4. The lowest BCUT2D eigenvalue weighted by Gasteiger charge is -2.28. The molecule has 0 bridgehead atoms. The monoisotopic (exact) mass is 408 g/mol. The SMILES string of the molecule is C=CCCC1CCC(c2ccc(OC(F)(F)c3ccc(Cl)c(F)c3)cc2)CC1. The molecule has 3 rings (SSSR count). The van der Waals surface area contributed by atoms with Gasteiger partial charge in [-0.05, 0) is 86.3 Å². The molecule has 1 saturated carbocycles. The van der Waals surface area contributed by atoms with E-state index in [4.69, 9.17) is 16.3 Å². The van der Waals surface area contributed by atoms with Gasteiger partial charge in [0.2, 0.25) is 0 Å². The Morgan fingerprint density at radius 3 is 2.36 bits per heavy atom. The summed E-state index contributed by atoms with van der Waals surface area (Å²) in [5.74, 6) is 0.362. The highest BCUT2D eigenvalue weighted by molar-refractivity contribution is 6.30. The summed E-state index contributed by atoms with van der Waals surface area (Å²) in [4.78, 5) is 0. The molecule has 2 aromatic carbocycles. The zero-order valence-electron chi connectivity index (χ0n) is 15.6. The highest BCUT2D eigenvalue weighted by atomic mass is 35.5. The topological polar surface area (TPSA) is 9.23 Å². The van der Waals surface area contributed by atoms with Crippen molar-refractivity contribution in [1.82, 2.24) is 0 Å². The van der Waals surface area contributed by atoms with E-state index < -0.39 is 17.5 Å². The van der Waals surface area contributed by atoms with E-state index >= 15 is 0 Å². The molecule has 1 nitrogen and oxygen atoms in total. The summed E-state index contributed by atoms with van der Waals surface area (Å²) in [5.41, 5.74) is 0.576. The maximum Gasteiger partial charge on any atom is 0.426 e. The molecule has 28 heavy (non-hydrogen) atoms. The molecule has 150 valence electrons. The van der Waals surface area contributed by atoms with Gasteiger partial charge in [0.25, 0.3) is 0 Å². The second-order valence-corrected chi connectivity index (χ2v) is 7.81. The molecule has 0 N–H and O–H groups in total. The Labute approximate surface area is 169 Å². The fourth-order valence-corrected chi connectivity index (χ4v) is 3.95. The third-order valence-corrected chi connectivity index (χ3v) is 5.79. The van der Waals surface area contributed by atoms with Crippen LogP contribution in [0.2, 0.25) is 5.02 Å². The molecule has 0 amide bonds. The predicted molar refractivity (Wildman–Crippen MR) is 107 cm³/mol. The van der Waals surface area contributed by atoms with E-state index in [1.165, 1.54) is 19.3 Å². The normalized spacial score (nSPS) is 20.0. The van der Waals surface area contributed by atoms with Crippen molar-refractivity contribution in [2.75, 3.05) is 0 Å². The molecule has 1 fully saturated rings. The van der Waals surface area contributed by atoms with Gasteiger partial charge >= 0.3 is 6.11 Å². The minimum absolute atomic E-state index is 0.0452. The van der Waals surface area contributed by atoms with E-state index in [2.05, 4.69) is 6.58 Å². The fraction of sp³-hybridized carbons (Fsp3) is 0.391. The molecule has 2 aromatic rings. The fourth-order valence-electron chi connectivity index (χ4n) is 3.83. The van der Waals surface area contributed by atoms with Crippen molar-refractivity contribution in [3.63, 3.8) is 0 Å². The van der Waals surface area contributed by atoms with Gasteiger partial charge in [0.15, 0.2) is 0 Å². The molecule has 1 aliphatic rings. The van der Waals surface area contributed by atoms with Crippen LogP contribution in [-0.2, 0) is 6.11 Å². The number of ether oxygens (including phenoxy) is 1. The van der Waals surface area contributed by atoms with Crippen LogP contribution in [0.4, 0.5) is 13.2 Å². The number of alkyl halides is 2. The molecule has 5 heteroatoms. The summed E-state index contributed by atoms with van der Waals surface area (Å²) >= 11 is 5.55. The van der Waals surface area contributed by atoms with Gasteiger partial charge in [-0.1, -0.05) is 29.8 Å². The Kier molecular flexibility index (Phi) is 6.71. The highest BCUT2D eigenvalue weighted by Gasteiger charge is 2.35. The first-order valence-corrected chi connectivity index (χ1v) is 10.00. The summed E-state index contributed by atoms with van der Waals surface area (Å²) in [6.07, 6.45) is 5.20. The van der Waals surface area contributed by atoms with Crippen molar-refractivity contribution in [2.24, 2.45) is 5.92 Å². The van der Waals surface area contributed by atoms with Crippen LogP contribution in [0, 0.1) is 11.7 Å². The van der Waals surface area contributed by atoms with Crippen molar-refractivity contribution < 1.29 is 17.9 Å². The predicted octanol–water partition coefficient (Wildman–Crippen LogP) is 7.85. The van der Waals surface area contributed by atoms with Gasteiger partial charge in [-0.2, -0.15) is 8.78 Å². The van der Waals surface area contributed by atoms with Gasteiger partial charge in [-0.25, -0.2) is 4.39 Å². The van der Waals surface area contributed by atoms with E-state index in [0.717, 1.165) is 42.9 Å². The molecule has 0 radical (unpaired) electrons. The summed E-state index contributed by atoms with van der Waals surface area (Å²) < 4.78 is 46.9. The van der Waals surface area contributed by atoms with Crippen LogP contribution in [0.3, 0.4) is 0 Å². The Balaban J connectivity index is 1.61. The van der Waals surface area contributed by atoms with E-state index in [9.17, 15) is 13.2 Å². The first-order chi connectivity index (χ1) is 13.4. The molecule has 0 aromatic heterocycles. The highest BCUT2D eigenvalue weighted by Crippen LogP contribution is 2.39. The van der Waals surface area contributed by atoms with Crippen LogP contribution in [-0.4, -0.2) is 0 Å². The number of allylic oxidation sites excluding steroid dienone is 1. The lowest BCUT2D eigenvalue weighted by Crippen LogP contribution is -2.22. The second-order valence-electron chi connectivity index (χ2n) is 7.40. The maximum atomic E-state index is 14.3. The Morgan fingerprint density at radius 1 is 1.07 bits per heavy atom. The van der Waals surface area contributed by atoms with Gasteiger partial charge in [0.1, 0.15) is 11.6 Å². The Hall–Kier alpha value is -1.94. The summed E-state index contributed by atoms with van der Waals surface area (Å²) in [6.45, 7) is 3.78. The molecular formula is C23H24ClF3O. The molecule has 0 heterocycles. The van der Waals surface area contributed by atoms with Crippen LogP contribution < -0.4 is 4.74 Å². The number of hydrogen-bond acceptors (Lipinski definition) is 1. The van der Waals surface area contributed by atoms with E-state index in [-0.39, 0.29) is 10.8 Å². The smallest absolute Gasteiger partial charge is 0.426 e. The van der Waals surface area contributed by atoms with Crippen molar-refractivity contribution >= 4 is 11.6 Å². The lowest BCUT2D eigenvalue weighted by atomic mass is 9.77. The van der Waals surface area contributed by atoms with Gasteiger partial charge in [-0.3, -0.25) is 0 Å². The van der Waals surface area contributed by atoms with E-state index in [0.29, 0.717) is 12.0 Å². The molecular weight excluding hydrogens is 385 g/mol. The van der Waals surface area contributed by atoms with E-state index in [1.807, 2.05) is 18.2 Å². The molecule has 0 saturated heterocycles. The summed E-state index contributed by atoms with van der Waals surface area (Å²) in [7, 11) is 0. The quantitative estimate of drug-likeness (QED) is 0.424. The van der Waals surface area contributed by atoms with Crippen molar-refractivity contribution in [1.29, 1.82) is 0 Å². The zero-order valence-corrected chi connectivity index (χ0v) is 16.4. The van der Waals surface area contributed by atoms with Crippen LogP contribution in [0.15, 0.2) is 55.1 Å². The Morgan fingerprint density at radius 2 is 1.75 bits per heavy atom. The number of hydrogen-bond donors (Lipinski definition) is 0. The number of benzene rings is 2. The van der Waals surface area contributed by atoms with E-state index in [1.54, 1.807) is 12.1 Å². The summed E-state index contributed by atoms with van der Waals surface area (Å²) in [5, 5.41) is -0.205. The maximum absolute atomic E-state index is 14.3. The average molecular weight is 409 g/mol. The average Bonchev–Trinajstić information content (AvgIpc) is 2.69. The molecule has 1 aliphatic carbocycles. The minimum Gasteiger partial charge on any atom is -0.429 e. The van der Waals surface area contributed by atoms with Crippen molar-refractivity contribution in [2.45, 2.75) is 50.6 Å². The van der Waals surface area contributed by atoms with Crippen molar-refractivity contribution in [3.8, 4) is 5.75 Å². The first-order valence-electron chi connectivity index (χ1n) is 9.62. The zero-order chi connectivity index (χ0) is 20.1. The van der Waals surface area contributed by atoms with Crippen LogP contribution >= 0.6 is 11.6 Å². The largest absolute Gasteiger partial charge is 0.429 e. The minimum atomic E-state index is -3.64. The first kappa shape index (κ1) is 20.8. The third-order valence-electron chi connectivity index (χ3n) is 5.48. The lowest BCUT2D eigenvalue weighted by molar-refractivity contribution is -0.185. The van der Waals surface area contributed by atoms with Gasteiger partial charge < -0.3 is 4.74 Å². The van der Waals surface area contributed by atoms with Crippen LogP contribution in [0.5, 0.6) is 5.75 Å². The third kappa shape index (κ3) is 5.11. The van der Waals surface area contributed by atoms with Gasteiger partial charge in [-0.15, -0.1) is 6.58 Å². The summed E-state index contributed by atoms with van der Waals surface area (Å²) in [6, 6.07) is 9.66.